The highest BCUT2D eigenvalue weighted by Crippen LogP contribution is 2.12. The molecule has 1 atom stereocenters. The van der Waals surface area contributed by atoms with E-state index in [1.807, 2.05) is 12.1 Å². The fraction of sp³-hybridized carbons (Fsp3) is 0.182. The van der Waals surface area contributed by atoms with Gasteiger partial charge in [0.2, 0.25) is 5.91 Å². The summed E-state index contributed by atoms with van der Waals surface area (Å²) < 4.78 is 1.63. The molecule has 17 heavy (non-hydrogen) atoms. The van der Waals surface area contributed by atoms with E-state index >= 15 is 0 Å². The highest BCUT2D eigenvalue weighted by Gasteiger charge is 2.08. The number of nitrogens with zero attached hydrogens (tertiary/aromatic N) is 3. The van der Waals surface area contributed by atoms with Gasteiger partial charge in [0, 0.05) is 5.69 Å². The van der Waals surface area contributed by atoms with Crippen molar-refractivity contribution in [3.05, 3.63) is 36.9 Å². The molecule has 2 aromatic rings. The van der Waals surface area contributed by atoms with Gasteiger partial charge in [-0.1, -0.05) is 0 Å². The minimum absolute atomic E-state index is 0.222. The van der Waals surface area contributed by atoms with E-state index in [4.69, 9.17) is 11.6 Å². The predicted molar refractivity (Wildman–Crippen MR) is 65.3 cm³/mol. The monoisotopic (exact) mass is 250 g/mol. The van der Waals surface area contributed by atoms with Crippen LogP contribution in [0.1, 0.15) is 6.92 Å². The lowest BCUT2D eigenvalue weighted by Crippen LogP contribution is -2.20. The highest BCUT2D eigenvalue weighted by molar-refractivity contribution is 6.32. The Morgan fingerprint density at radius 2 is 2.12 bits per heavy atom. The summed E-state index contributed by atoms with van der Waals surface area (Å²) in [4.78, 5) is 15.2. The zero-order valence-corrected chi connectivity index (χ0v) is 9.93. The SMILES string of the molecule is C[C@@H](Cl)C(=O)Nc1ccc(-n2cncn2)cc1. The molecule has 0 bridgehead atoms. The number of rotatable bonds is 3. The highest BCUT2D eigenvalue weighted by atomic mass is 35.5. The number of hydrogen-bond acceptors (Lipinski definition) is 3. The number of hydrogen-bond donors (Lipinski definition) is 1. The zero-order chi connectivity index (χ0) is 12.3. The summed E-state index contributed by atoms with van der Waals surface area (Å²) in [5.74, 6) is -0.222. The first kappa shape index (κ1) is 11.6. The lowest BCUT2D eigenvalue weighted by molar-refractivity contribution is -0.115. The van der Waals surface area contributed by atoms with Gasteiger partial charge in [-0.15, -0.1) is 11.6 Å². The quantitative estimate of drug-likeness (QED) is 0.846. The molecule has 88 valence electrons. The fourth-order valence-electron chi connectivity index (χ4n) is 1.28. The molecule has 1 N–H and O–H groups in total. The Morgan fingerprint density at radius 3 is 2.65 bits per heavy atom. The van der Waals surface area contributed by atoms with Crippen molar-refractivity contribution in [3.8, 4) is 5.69 Å². The van der Waals surface area contributed by atoms with E-state index in [1.165, 1.54) is 6.33 Å². The van der Waals surface area contributed by atoms with Crippen molar-refractivity contribution in [2.24, 2.45) is 0 Å². The molecule has 0 saturated heterocycles. The minimum Gasteiger partial charge on any atom is -0.325 e. The van der Waals surface area contributed by atoms with Crippen LogP contribution in [0.25, 0.3) is 5.69 Å². The van der Waals surface area contributed by atoms with Gasteiger partial charge in [-0.3, -0.25) is 4.79 Å². The van der Waals surface area contributed by atoms with Gasteiger partial charge in [0.1, 0.15) is 18.0 Å². The second-order valence-electron chi connectivity index (χ2n) is 3.49. The van der Waals surface area contributed by atoms with Gasteiger partial charge in [-0.2, -0.15) is 5.10 Å². The van der Waals surface area contributed by atoms with Crippen LogP contribution in [-0.4, -0.2) is 26.0 Å². The fourth-order valence-corrected chi connectivity index (χ4v) is 1.34. The standard InChI is InChI=1S/C11H11ClN4O/c1-8(12)11(17)15-9-2-4-10(5-3-9)16-7-13-6-14-16/h2-8H,1H3,(H,15,17)/t8-/m1/s1. The number of nitrogens with one attached hydrogen (secondary N) is 1. The number of aromatic nitrogens is 3. The third-order valence-electron chi connectivity index (χ3n) is 2.18. The lowest BCUT2D eigenvalue weighted by atomic mass is 10.2. The van der Waals surface area contributed by atoms with Crippen molar-refractivity contribution in [2.45, 2.75) is 12.3 Å². The van der Waals surface area contributed by atoms with Gasteiger partial charge in [0.25, 0.3) is 0 Å². The molecule has 0 saturated carbocycles. The van der Waals surface area contributed by atoms with Crippen molar-refractivity contribution in [1.82, 2.24) is 14.8 Å². The Morgan fingerprint density at radius 1 is 1.41 bits per heavy atom. The summed E-state index contributed by atoms with van der Waals surface area (Å²) in [5, 5.41) is 6.15. The van der Waals surface area contributed by atoms with Gasteiger partial charge >= 0.3 is 0 Å². The number of alkyl halides is 1. The molecule has 0 spiro atoms. The molecule has 1 aromatic heterocycles. The first-order chi connectivity index (χ1) is 8.16. The molecule has 0 aliphatic carbocycles. The van der Waals surface area contributed by atoms with Crippen molar-refractivity contribution >= 4 is 23.2 Å². The Hall–Kier alpha value is -1.88. The topological polar surface area (TPSA) is 59.8 Å². The van der Waals surface area contributed by atoms with Gasteiger partial charge in [0.05, 0.1) is 5.69 Å². The van der Waals surface area contributed by atoms with E-state index in [1.54, 1.807) is 30.1 Å². The first-order valence-corrected chi connectivity index (χ1v) is 5.50. The van der Waals surface area contributed by atoms with Crippen LogP contribution in [0, 0.1) is 0 Å². The van der Waals surface area contributed by atoms with Crippen LogP contribution in [0.15, 0.2) is 36.9 Å². The molecule has 6 heteroatoms. The van der Waals surface area contributed by atoms with E-state index < -0.39 is 5.38 Å². The molecule has 5 nitrogen and oxygen atoms in total. The van der Waals surface area contributed by atoms with E-state index in [-0.39, 0.29) is 5.91 Å². The van der Waals surface area contributed by atoms with Gasteiger partial charge < -0.3 is 5.32 Å². The second kappa shape index (κ2) is 4.97. The number of anilines is 1. The molecule has 1 heterocycles. The molecule has 0 radical (unpaired) electrons. The Kier molecular flexibility index (Phi) is 3.39. The number of carbonyl (C=O) groups is 1. The number of carbonyl (C=O) groups excluding carboxylic acids is 1. The summed E-state index contributed by atoms with van der Waals surface area (Å²) in [6.07, 6.45) is 3.07. The van der Waals surface area contributed by atoms with Crippen LogP contribution < -0.4 is 5.32 Å². The third-order valence-corrected chi connectivity index (χ3v) is 2.38. The first-order valence-electron chi connectivity index (χ1n) is 5.07. The number of halogens is 1. The average molecular weight is 251 g/mol. The summed E-state index contributed by atoms with van der Waals surface area (Å²) in [7, 11) is 0. The maximum absolute atomic E-state index is 11.4. The van der Waals surface area contributed by atoms with Gasteiger partial charge in [-0.25, -0.2) is 9.67 Å². The number of benzene rings is 1. The van der Waals surface area contributed by atoms with E-state index in [9.17, 15) is 4.79 Å². The van der Waals surface area contributed by atoms with Crippen LogP contribution in [-0.2, 0) is 4.79 Å². The molecule has 1 amide bonds. The smallest absolute Gasteiger partial charge is 0.242 e. The largest absolute Gasteiger partial charge is 0.325 e. The summed E-state index contributed by atoms with van der Waals surface area (Å²) in [5.41, 5.74) is 1.57. The van der Waals surface area contributed by atoms with Crippen molar-refractivity contribution in [3.63, 3.8) is 0 Å². The third kappa shape index (κ3) is 2.82. The molecule has 0 unspecified atom stereocenters. The van der Waals surface area contributed by atoms with Crippen LogP contribution in [0.4, 0.5) is 5.69 Å². The molecule has 0 fully saturated rings. The molecular weight excluding hydrogens is 240 g/mol. The predicted octanol–water partition coefficient (Wildman–Crippen LogP) is 1.83. The Balaban J connectivity index is 2.11. The van der Waals surface area contributed by atoms with E-state index in [2.05, 4.69) is 15.4 Å². The average Bonchev–Trinajstić information content (AvgIpc) is 2.83. The normalized spacial score (nSPS) is 12.1. The molecule has 1 aromatic carbocycles. The van der Waals surface area contributed by atoms with Crippen molar-refractivity contribution in [1.29, 1.82) is 0 Å². The minimum atomic E-state index is -0.551. The van der Waals surface area contributed by atoms with Crippen molar-refractivity contribution < 1.29 is 4.79 Å². The maximum Gasteiger partial charge on any atom is 0.242 e. The Labute approximate surface area is 103 Å². The van der Waals surface area contributed by atoms with E-state index in [0.29, 0.717) is 5.69 Å². The van der Waals surface area contributed by atoms with Crippen LogP contribution in [0.3, 0.4) is 0 Å². The summed E-state index contributed by atoms with van der Waals surface area (Å²) in [6, 6.07) is 7.24. The molecule has 2 rings (SSSR count). The summed E-state index contributed by atoms with van der Waals surface area (Å²) >= 11 is 5.66. The molecule has 0 aliphatic rings. The molecule has 0 aliphatic heterocycles. The van der Waals surface area contributed by atoms with Gasteiger partial charge in [-0.05, 0) is 31.2 Å². The van der Waals surface area contributed by atoms with Gasteiger partial charge in [0.15, 0.2) is 0 Å². The summed E-state index contributed by atoms with van der Waals surface area (Å²) in [6.45, 7) is 1.63. The van der Waals surface area contributed by atoms with Crippen LogP contribution >= 0.6 is 11.6 Å². The zero-order valence-electron chi connectivity index (χ0n) is 9.17. The number of amides is 1. The second-order valence-corrected chi connectivity index (χ2v) is 4.15. The van der Waals surface area contributed by atoms with Crippen molar-refractivity contribution in [2.75, 3.05) is 5.32 Å². The maximum atomic E-state index is 11.4. The lowest BCUT2D eigenvalue weighted by Gasteiger charge is -2.07. The van der Waals surface area contributed by atoms with E-state index in [0.717, 1.165) is 5.69 Å². The molecular formula is C11H11ClN4O. The Bertz CT molecular complexity index is 493. The van der Waals surface area contributed by atoms with Crippen LogP contribution in [0.5, 0.6) is 0 Å². The van der Waals surface area contributed by atoms with Crippen LogP contribution in [0.2, 0.25) is 0 Å².